The van der Waals surface area contributed by atoms with Crippen LogP contribution in [0.15, 0.2) is 54.6 Å². The van der Waals surface area contributed by atoms with Gasteiger partial charge in [0.15, 0.2) is 0 Å². The number of nitrogens with one attached hydrogen (secondary N) is 2. The molecule has 3 rings (SSSR count). The fourth-order valence-electron chi connectivity index (χ4n) is 4.22. The quantitative estimate of drug-likeness (QED) is 0.611. The van der Waals surface area contributed by atoms with E-state index in [1.165, 1.54) is 5.56 Å². The molecule has 7 nitrogen and oxygen atoms in total. The Kier molecular flexibility index (Phi) is 8.54. The van der Waals surface area contributed by atoms with E-state index >= 15 is 0 Å². The Morgan fingerprint density at radius 3 is 2.17 bits per heavy atom. The number of hydrogen-bond donors (Lipinski definition) is 2. The number of carbonyl (C=O) groups excluding carboxylic acids is 3. The molecule has 2 N–H and O–H groups in total. The van der Waals surface area contributed by atoms with Crippen LogP contribution >= 0.6 is 0 Å². The summed E-state index contributed by atoms with van der Waals surface area (Å²) in [6.07, 6.45) is 0.660. The van der Waals surface area contributed by atoms with E-state index in [0.29, 0.717) is 18.9 Å². The standard InChI is InChI=1S/C28H37N3O4/c1-19(2)20-13-15-22(16-14-20)25(21-10-7-6-8-11-21)30-26(33)23-12-9-17-31(23)24(32)18-29-27(34)35-28(3,4)5/h6-8,10-11,13-16,19,23,25H,9,12,17-18H2,1-5H3,(H,29,34)(H,30,33). The predicted molar refractivity (Wildman–Crippen MR) is 136 cm³/mol. The molecule has 2 unspecified atom stereocenters. The van der Waals surface area contributed by atoms with E-state index in [9.17, 15) is 14.4 Å². The third-order valence-electron chi connectivity index (χ3n) is 6.01. The maximum atomic E-state index is 13.4. The van der Waals surface area contributed by atoms with Gasteiger partial charge in [0.05, 0.1) is 6.04 Å². The number of amides is 3. The molecule has 1 saturated heterocycles. The smallest absolute Gasteiger partial charge is 0.408 e. The average Bonchev–Trinajstić information content (AvgIpc) is 3.31. The summed E-state index contributed by atoms with van der Waals surface area (Å²) in [5.74, 6) is -0.0814. The van der Waals surface area contributed by atoms with E-state index < -0.39 is 17.7 Å². The minimum Gasteiger partial charge on any atom is -0.444 e. The van der Waals surface area contributed by atoms with Crippen molar-refractivity contribution in [2.24, 2.45) is 0 Å². The number of alkyl carbamates (subject to hydrolysis) is 1. The lowest BCUT2D eigenvalue weighted by molar-refractivity contribution is -0.138. The van der Waals surface area contributed by atoms with Crippen LogP contribution in [0, 0.1) is 0 Å². The molecule has 7 heteroatoms. The zero-order chi connectivity index (χ0) is 25.6. The van der Waals surface area contributed by atoms with Crippen molar-refractivity contribution in [2.45, 2.75) is 71.1 Å². The Balaban J connectivity index is 1.71. The number of benzene rings is 2. The van der Waals surface area contributed by atoms with Crippen LogP contribution in [-0.2, 0) is 14.3 Å². The summed E-state index contributed by atoms with van der Waals surface area (Å²) in [5, 5.41) is 5.67. The number of carbonyl (C=O) groups is 3. The molecular weight excluding hydrogens is 442 g/mol. The van der Waals surface area contributed by atoms with Crippen molar-refractivity contribution in [3.05, 3.63) is 71.3 Å². The average molecular weight is 480 g/mol. The van der Waals surface area contributed by atoms with E-state index in [0.717, 1.165) is 17.5 Å². The second kappa shape index (κ2) is 11.4. The van der Waals surface area contributed by atoms with Crippen molar-refractivity contribution in [1.29, 1.82) is 0 Å². The number of likely N-dealkylation sites (tertiary alicyclic amines) is 1. The molecule has 0 bridgehead atoms. The Morgan fingerprint density at radius 2 is 1.57 bits per heavy atom. The highest BCUT2D eigenvalue weighted by molar-refractivity contribution is 5.90. The molecule has 1 aliphatic rings. The Hall–Kier alpha value is -3.35. The number of hydrogen-bond acceptors (Lipinski definition) is 4. The highest BCUT2D eigenvalue weighted by atomic mass is 16.6. The van der Waals surface area contributed by atoms with Crippen molar-refractivity contribution in [3.63, 3.8) is 0 Å². The third kappa shape index (κ3) is 7.31. The number of ether oxygens (including phenoxy) is 1. The zero-order valence-electron chi connectivity index (χ0n) is 21.3. The molecule has 3 amide bonds. The van der Waals surface area contributed by atoms with Crippen molar-refractivity contribution < 1.29 is 19.1 Å². The second-order valence-corrected chi connectivity index (χ2v) is 10.3. The van der Waals surface area contributed by atoms with E-state index in [-0.39, 0.29) is 24.4 Å². The van der Waals surface area contributed by atoms with Crippen LogP contribution in [0.2, 0.25) is 0 Å². The van der Waals surface area contributed by atoms with Crippen LogP contribution in [-0.4, -0.2) is 47.5 Å². The van der Waals surface area contributed by atoms with Gasteiger partial charge in [0.25, 0.3) is 0 Å². The van der Waals surface area contributed by atoms with Gasteiger partial charge < -0.3 is 20.3 Å². The molecule has 188 valence electrons. The van der Waals surface area contributed by atoms with Crippen LogP contribution in [0.4, 0.5) is 4.79 Å². The number of nitrogens with zero attached hydrogens (tertiary/aromatic N) is 1. The fraction of sp³-hybridized carbons (Fsp3) is 0.464. The molecular formula is C28H37N3O4. The van der Waals surface area contributed by atoms with Gasteiger partial charge in [-0.15, -0.1) is 0 Å². The van der Waals surface area contributed by atoms with Gasteiger partial charge in [-0.2, -0.15) is 0 Å². The van der Waals surface area contributed by atoms with Crippen molar-refractivity contribution in [3.8, 4) is 0 Å². The Bertz CT molecular complexity index is 1010. The van der Waals surface area contributed by atoms with Gasteiger partial charge in [-0.25, -0.2) is 4.79 Å². The molecule has 1 aliphatic heterocycles. The topological polar surface area (TPSA) is 87.7 Å². The van der Waals surface area contributed by atoms with Gasteiger partial charge in [0.1, 0.15) is 18.2 Å². The SMILES string of the molecule is CC(C)c1ccc(C(NC(=O)C2CCCN2C(=O)CNC(=O)OC(C)(C)C)c2ccccc2)cc1. The summed E-state index contributed by atoms with van der Waals surface area (Å²) >= 11 is 0. The first-order valence-corrected chi connectivity index (χ1v) is 12.3. The second-order valence-electron chi connectivity index (χ2n) is 10.3. The molecule has 0 aromatic heterocycles. The highest BCUT2D eigenvalue weighted by Crippen LogP contribution is 2.26. The van der Waals surface area contributed by atoms with E-state index in [1.54, 1.807) is 25.7 Å². The van der Waals surface area contributed by atoms with Crippen LogP contribution in [0.1, 0.15) is 76.1 Å². The molecule has 2 aromatic carbocycles. The predicted octanol–water partition coefficient (Wildman–Crippen LogP) is 4.53. The summed E-state index contributed by atoms with van der Waals surface area (Å²) in [7, 11) is 0. The summed E-state index contributed by atoms with van der Waals surface area (Å²) in [5.41, 5.74) is 2.54. The molecule has 0 spiro atoms. The maximum absolute atomic E-state index is 13.4. The van der Waals surface area contributed by atoms with Crippen molar-refractivity contribution in [2.75, 3.05) is 13.1 Å². The first kappa shape index (κ1) is 26.3. The first-order chi connectivity index (χ1) is 16.5. The van der Waals surface area contributed by atoms with Crippen molar-refractivity contribution >= 4 is 17.9 Å². The molecule has 0 radical (unpaired) electrons. The zero-order valence-corrected chi connectivity index (χ0v) is 21.3. The Labute approximate surface area is 208 Å². The minimum atomic E-state index is -0.653. The van der Waals surface area contributed by atoms with Crippen LogP contribution in [0.3, 0.4) is 0 Å². The van der Waals surface area contributed by atoms with Gasteiger partial charge >= 0.3 is 6.09 Å². The number of rotatable bonds is 7. The van der Waals surface area contributed by atoms with Gasteiger partial charge in [-0.05, 0) is 56.2 Å². The molecule has 1 fully saturated rings. The third-order valence-corrected chi connectivity index (χ3v) is 6.01. The van der Waals surface area contributed by atoms with Gasteiger partial charge in [-0.1, -0.05) is 68.4 Å². The summed E-state index contributed by atoms with van der Waals surface area (Å²) < 4.78 is 5.20. The summed E-state index contributed by atoms with van der Waals surface area (Å²) in [6, 6.07) is 17.2. The maximum Gasteiger partial charge on any atom is 0.408 e. The van der Waals surface area contributed by atoms with Gasteiger partial charge in [0.2, 0.25) is 11.8 Å². The Morgan fingerprint density at radius 1 is 0.971 bits per heavy atom. The van der Waals surface area contributed by atoms with E-state index in [4.69, 9.17) is 4.74 Å². The monoisotopic (exact) mass is 479 g/mol. The molecule has 35 heavy (non-hydrogen) atoms. The molecule has 0 saturated carbocycles. The first-order valence-electron chi connectivity index (χ1n) is 12.3. The lowest BCUT2D eigenvalue weighted by atomic mass is 9.95. The van der Waals surface area contributed by atoms with E-state index in [2.05, 4.69) is 48.7 Å². The summed E-state index contributed by atoms with van der Waals surface area (Å²) in [6.45, 7) is 9.84. The highest BCUT2D eigenvalue weighted by Gasteiger charge is 2.35. The lowest BCUT2D eigenvalue weighted by Gasteiger charge is -2.27. The molecule has 1 heterocycles. The van der Waals surface area contributed by atoms with Gasteiger partial charge in [0, 0.05) is 6.54 Å². The van der Waals surface area contributed by atoms with E-state index in [1.807, 2.05) is 30.3 Å². The van der Waals surface area contributed by atoms with Gasteiger partial charge in [-0.3, -0.25) is 9.59 Å². The van der Waals surface area contributed by atoms with Crippen LogP contribution in [0.5, 0.6) is 0 Å². The lowest BCUT2D eigenvalue weighted by Crippen LogP contribution is -2.50. The molecule has 2 aromatic rings. The minimum absolute atomic E-state index is 0.199. The van der Waals surface area contributed by atoms with Crippen molar-refractivity contribution in [1.82, 2.24) is 15.5 Å². The largest absolute Gasteiger partial charge is 0.444 e. The van der Waals surface area contributed by atoms with Crippen LogP contribution in [0.25, 0.3) is 0 Å². The molecule has 0 aliphatic carbocycles. The summed E-state index contributed by atoms with van der Waals surface area (Å²) in [4.78, 5) is 39.7. The van der Waals surface area contributed by atoms with Crippen LogP contribution < -0.4 is 10.6 Å². The normalized spacial score (nSPS) is 16.6. The fourth-order valence-corrected chi connectivity index (χ4v) is 4.22. The molecule has 2 atom stereocenters.